The zero-order chi connectivity index (χ0) is 21.0. The van der Waals surface area contributed by atoms with Crippen LogP contribution in [0.15, 0.2) is 52.3 Å². The number of sulfonamides is 1. The summed E-state index contributed by atoms with van der Waals surface area (Å²) in [5.41, 5.74) is 0.374. The van der Waals surface area contributed by atoms with Crippen molar-refractivity contribution in [1.29, 1.82) is 0 Å². The number of alkyl halides is 2. The quantitative estimate of drug-likeness (QED) is 0.661. The minimum atomic E-state index is -3.93. The first kappa shape index (κ1) is 21.3. The van der Waals surface area contributed by atoms with Crippen LogP contribution in [0.2, 0.25) is 0 Å². The monoisotopic (exact) mass is 444 g/mol. The maximum Gasteiger partial charge on any atom is 0.288 e. The van der Waals surface area contributed by atoms with Crippen molar-refractivity contribution in [2.45, 2.75) is 15.5 Å². The maximum absolute atomic E-state index is 12.7. The zero-order valence-electron chi connectivity index (χ0n) is 15.3. The lowest BCUT2D eigenvalue weighted by Gasteiger charge is -2.21. The van der Waals surface area contributed by atoms with Crippen LogP contribution in [0.4, 0.5) is 14.5 Å². The molecule has 1 aliphatic heterocycles. The van der Waals surface area contributed by atoms with Gasteiger partial charge in [-0.2, -0.15) is 13.1 Å². The van der Waals surface area contributed by atoms with Gasteiger partial charge >= 0.3 is 0 Å². The smallest absolute Gasteiger partial charge is 0.288 e. The third-order valence-electron chi connectivity index (χ3n) is 3.95. The lowest BCUT2D eigenvalue weighted by Crippen LogP contribution is -2.35. The standard InChI is InChI=1S/C18H18F2N2O5S2/c1-22(11-17(23)21-12-2-4-13(5-3-12)28-18(19)20)29(24,25)14-6-7-15-16(10-14)27-9-8-26-15/h2-7,10,18H,8-9,11H2,1H3,(H,21,23). The molecule has 7 nitrogen and oxygen atoms in total. The van der Waals surface area contributed by atoms with Gasteiger partial charge in [0, 0.05) is 23.7 Å². The van der Waals surface area contributed by atoms with Crippen molar-refractivity contribution >= 4 is 33.4 Å². The summed E-state index contributed by atoms with van der Waals surface area (Å²) in [7, 11) is -2.64. The highest BCUT2D eigenvalue weighted by Crippen LogP contribution is 2.33. The van der Waals surface area contributed by atoms with Gasteiger partial charge in [0.2, 0.25) is 15.9 Å². The van der Waals surface area contributed by atoms with Gasteiger partial charge in [0.1, 0.15) is 13.2 Å². The molecule has 0 spiro atoms. The molecule has 0 atom stereocenters. The van der Waals surface area contributed by atoms with Gasteiger partial charge in [-0.3, -0.25) is 4.79 Å². The van der Waals surface area contributed by atoms with Gasteiger partial charge in [-0.1, -0.05) is 11.8 Å². The highest BCUT2D eigenvalue weighted by atomic mass is 32.2. The van der Waals surface area contributed by atoms with Crippen molar-refractivity contribution in [1.82, 2.24) is 4.31 Å². The highest BCUT2D eigenvalue weighted by Gasteiger charge is 2.25. The van der Waals surface area contributed by atoms with Gasteiger partial charge in [-0.05, 0) is 36.4 Å². The van der Waals surface area contributed by atoms with Crippen molar-refractivity contribution in [2.24, 2.45) is 0 Å². The number of carbonyl (C=O) groups excluding carboxylic acids is 1. The molecule has 1 N–H and O–H groups in total. The van der Waals surface area contributed by atoms with E-state index in [1.165, 1.54) is 49.5 Å². The molecule has 1 heterocycles. The molecule has 0 aromatic heterocycles. The minimum absolute atomic E-state index is 0.0228. The second-order valence-corrected chi connectivity index (χ2v) is 9.13. The number of fused-ring (bicyclic) bond motifs is 1. The molecule has 3 rings (SSSR count). The lowest BCUT2D eigenvalue weighted by molar-refractivity contribution is -0.116. The summed E-state index contributed by atoms with van der Waals surface area (Å²) < 4.78 is 61.8. The van der Waals surface area contributed by atoms with Crippen LogP contribution in [0, 0.1) is 0 Å². The number of likely N-dealkylation sites (N-methyl/N-ethyl adjacent to an activating group) is 1. The molecule has 2 aromatic rings. The second kappa shape index (κ2) is 8.97. The van der Waals surface area contributed by atoms with Gasteiger partial charge in [0.05, 0.1) is 11.4 Å². The molecule has 156 valence electrons. The molecule has 2 aromatic carbocycles. The summed E-state index contributed by atoms with van der Waals surface area (Å²) in [5.74, 6) is -2.31. The fourth-order valence-electron chi connectivity index (χ4n) is 2.57. The summed E-state index contributed by atoms with van der Waals surface area (Å²) in [6, 6.07) is 10.1. The first-order valence-electron chi connectivity index (χ1n) is 8.46. The van der Waals surface area contributed by atoms with Gasteiger partial charge in [-0.25, -0.2) is 8.42 Å². The van der Waals surface area contributed by atoms with Gasteiger partial charge in [0.15, 0.2) is 11.5 Å². The van der Waals surface area contributed by atoms with Crippen molar-refractivity contribution in [3.8, 4) is 11.5 Å². The second-order valence-electron chi connectivity index (χ2n) is 6.02. The number of nitrogens with zero attached hydrogens (tertiary/aromatic N) is 1. The third-order valence-corrected chi connectivity index (χ3v) is 6.47. The number of nitrogens with one attached hydrogen (secondary N) is 1. The van der Waals surface area contributed by atoms with Gasteiger partial charge < -0.3 is 14.8 Å². The number of ether oxygens (including phenoxy) is 2. The van der Waals surface area contributed by atoms with E-state index in [4.69, 9.17) is 9.47 Å². The molecule has 1 amide bonds. The average molecular weight is 444 g/mol. The van der Waals surface area contributed by atoms with E-state index in [-0.39, 0.29) is 4.90 Å². The van der Waals surface area contributed by atoms with Crippen LogP contribution in [0.1, 0.15) is 0 Å². The van der Waals surface area contributed by atoms with Crippen LogP contribution in [0.5, 0.6) is 11.5 Å². The Balaban J connectivity index is 1.64. The van der Waals surface area contributed by atoms with E-state index >= 15 is 0 Å². The average Bonchev–Trinajstić information content (AvgIpc) is 2.68. The van der Waals surface area contributed by atoms with Crippen molar-refractivity contribution in [3.63, 3.8) is 0 Å². The maximum atomic E-state index is 12.7. The fraction of sp³-hybridized carbons (Fsp3) is 0.278. The topological polar surface area (TPSA) is 84.9 Å². The number of hydrogen-bond acceptors (Lipinski definition) is 6. The van der Waals surface area contributed by atoms with Gasteiger partial charge in [0.25, 0.3) is 5.76 Å². The number of amides is 1. The van der Waals surface area contributed by atoms with Crippen LogP contribution in [-0.4, -0.2) is 51.2 Å². The molecule has 0 unspecified atom stereocenters. The number of rotatable bonds is 7. The Morgan fingerprint density at radius 3 is 2.45 bits per heavy atom. The van der Waals surface area contributed by atoms with Crippen LogP contribution in [-0.2, 0) is 14.8 Å². The highest BCUT2D eigenvalue weighted by molar-refractivity contribution is 7.99. The van der Waals surface area contributed by atoms with E-state index in [1.807, 2.05) is 0 Å². The Bertz CT molecular complexity index is 984. The van der Waals surface area contributed by atoms with E-state index in [9.17, 15) is 22.0 Å². The Labute approximate surface area is 171 Å². The summed E-state index contributed by atoms with van der Waals surface area (Å²) in [6.45, 7) is 0.286. The lowest BCUT2D eigenvalue weighted by atomic mass is 10.3. The first-order chi connectivity index (χ1) is 13.8. The predicted octanol–water partition coefficient (Wildman–Crippen LogP) is 3.03. The number of carbonyl (C=O) groups is 1. The van der Waals surface area contributed by atoms with Crippen LogP contribution >= 0.6 is 11.8 Å². The summed E-state index contributed by atoms with van der Waals surface area (Å²) in [6.07, 6.45) is 0. The number of anilines is 1. The Hall–Kier alpha value is -2.37. The molecule has 0 fully saturated rings. The molecular weight excluding hydrogens is 426 g/mol. The molecular formula is C18H18F2N2O5S2. The molecule has 0 saturated heterocycles. The molecule has 11 heteroatoms. The predicted molar refractivity (Wildman–Crippen MR) is 104 cm³/mol. The first-order valence-corrected chi connectivity index (χ1v) is 10.8. The normalized spacial score (nSPS) is 13.6. The van der Waals surface area contributed by atoms with Crippen LogP contribution < -0.4 is 14.8 Å². The Kier molecular flexibility index (Phi) is 6.60. The fourth-order valence-corrected chi connectivity index (χ4v) is 4.21. The molecule has 0 saturated carbocycles. The molecule has 0 radical (unpaired) electrons. The largest absolute Gasteiger partial charge is 0.486 e. The number of hydrogen-bond donors (Lipinski definition) is 1. The van der Waals surface area contributed by atoms with Gasteiger partial charge in [-0.15, -0.1) is 0 Å². The van der Waals surface area contributed by atoms with E-state index in [0.717, 1.165) is 4.31 Å². The van der Waals surface area contributed by atoms with Crippen molar-refractivity contribution in [3.05, 3.63) is 42.5 Å². The molecule has 29 heavy (non-hydrogen) atoms. The number of thioether (sulfide) groups is 1. The molecule has 1 aliphatic rings. The summed E-state index contributed by atoms with van der Waals surface area (Å²) in [5, 5.41) is 2.54. The van der Waals surface area contributed by atoms with E-state index in [0.29, 0.717) is 47.1 Å². The number of benzene rings is 2. The minimum Gasteiger partial charge on any atom is -0.486 e. The van der Waals surface area contributed by atoms with Crippen LogP contribution in [0.25, 0.3) is 0 Å². The number of halogens is 2. The van der Waals surface area contributed by atoms with Crippen LogP contribution in [0.3, 0.4) is 0 Å². The summed E-state index contributed by atoms with van der Waals surface area (Å²) in [4.78, 5) is 12.5. The van der Waals surface area contributed by atoms with Crippen molar-refractivity contribution < 1.29 is 31.5 Å². The van der Waals surface area contributed by atoms with Crippen molar-refractivity contribution in [2.75, 3.05) is 32.1 Å². The van der Waals surface area contributed by atoms with E-state index < -0.39 is 28.2 Å². The Morgan fingerprint density at radius 1 is 1.14 bits per heavy atom. The van der Waals surface area contributed by atoms with E-state index in [1.54, 1.807) is 0 Å². The third kappa shape index (κ3) is 5.37. The van der Waals surface area contributed by atoms with E-state index in [2.05, 4.69) is 5.32 Å². The molecule has 0 aliphatic carbocycles. The molecule has 0 bridgehead atoms. The SMILES string of the molecule is CN(CC(=O)Nc1ccc(SC(F)F)cc1)S(=O)(=O)c1ccc2c(c1)OCCO2. The summed E-state index contributed by atoms with van der Waals surface area (Å²) >= 11 is 0.395. The zero-order valence-corrected chi connectivity index (χ0v) is 16.9. The Morgan fingerprint density at radius 2 is 1.79 bits per heavy atom.